The van der Waals surface area contributed by atoms with E-state index in [1.807, 2.05) is 48.5 Å². The van der Waals surface area contributed by atoms with Crippen molar-refractivity contribution in [2.75, 3.05) is 12.4 Å². The average Bonchev–Trinajstić information content (AvgIpc) is 2.90. The Hall–Kier alpha value is -4.61. The maximum atomic E-state index is 12.7. The standard InChI is InChI=1S/C29H21BrN2O5/c1-36-26-15-18(13-21(16-31)28(33)32-25-12-5-4-11-23(25)29(34)35)14-24(30)27(26)37-17-20-9-6-8-19-7-2-3-10-22(19)20/h2-15H,17H2,1H3,(H,32,33)(H,34,35)/b21-13+. The average molecular weight is 557 g/mol. The summed E-state index contributed by atoms with van der Waals surface area (Å²) >= 11 is 3.51. The van der Waals surface area contributed by atoms with Gasteiger partial charge in [0.1, 0.15) is 18.2 Å². The van der Waals surface area contributed by atoms with Gasteiger partial charge in [-0.05, 0) is 68.2 Å². The molecule has 1 amide bonds. The number of amides is 1. The van der Waals surface area contributed by atoms with Gasteiger partial charge in [0.05, 0.1) is 22.8 Å². The Balaban J connectivity index is 1.58. The molecule has 2 N–H and O–H groups in total. The van der Waals surface area contributed by atoms with E-state index in [0.29, 0.717) is 28.1 Å². The Kier molecular flexibility index (Phi) is 7.86. The molecule has 0 bridgehead atoms. The molecule has 184 valence electrons. The van der Waals surface area contributed by atoms with Crippen LogP contribution in [-0.2, 0) is 11.4 Å². The van der Waals surface area contributed by atoms with Crippen molar-refractivity contribution in [2.24, 2.45) is 0 Å². The van der Waals surface area contributed by atoms with Gasteiger partial charge in [-0.2, -0.15) is 5.26 Å². The lowest BCUT2D eigenvalue weighted by atomic mass is 10.1. The third-order valence-corrected chi connectivity index (χ3v) is 6.17. The maximum Gasteiger partial charge on any atom is 0.337 e. The molecule has 0 aliphatic carbocycles. The van der Waals surface area contributed by atoms with Crippen LogP contribution in [0.1, 0.15) is 21.5 Å². The molecule has 0 spiro atoms. The topological polar surface area (TPSA) is 109 Å². The van der Waals surface area contributed by atoms with Gasteiger partial charge in [-0.15, -0.1) is 0 Å². The van der Waals surface area contributed by atoms with Crippen LogP contribution < -0.4 is 14.8 Å². The van der Waals surface area contributed by atoms with E-state index < -0.39 is 11.9 Å². The highest BCUT2D eigenvalue weighted by Crippen LogP contribution is 2.38. The summed E-state index contributed by atoms with van der Waals surface area (Å²) in [6.45, 7) is 0.306. The van der Waals surface area contributed by atoms with E-state index in [1.165, 1.54) is 25.3 Å². The van der Waals surface area contributed by atoms with Crippen LogP contribution in [-0.4, -0.2) is 24.1 Å². The van der Waals surface area contributed by atoms with Crippen molar-refractivity contribution in [1.82, 2.24) is 0 Å². The third-order valence-electron chi connectivity index (χ3n) is 5.59. The summed E-state index contributed by atoms with van der Waals surface area (Å²) in [6, 6.07) is 25.3. The number of hydrogen-bond acceptors (Lipinski definition) is 5. The number of halogens is 1. The van der Waals surface area contributed by atoms with Gasteiger partial charge >= 0.3 is 5.97 Å². The van der Waals surface area contributed by atoms with Crippen LogP contribution >= 0.6 is 15.9 Å². The number of hydrogen-bond donors (Lipinski definition) is 2. The molecule has 7 nitrogen and oxygen atoms in total. The number of ether oxygens (including phenoxy) is 2. The molecule has 0 aliphatic heterocycles. The second kappa shape index (κ2) is 11.4. The van der Waals surface area contributed by atoms with E-state index in [-0.39, 0.29) is 16.8 Å². The molecule has 37 heavy (non-hydrogen) atoms. The number of anilines is 1. The number of carbonyl (C=O) groups excluding carboxylic acids is 1. The molecule has 0 aliphatic rings. The number of aromatic carboxylic acids is 1. The van der Waals surface area contributed by atoms with Crippen LogP contribution in [0.2, 0.25) is 0 Å². The van der Waals surface area contributed by atoms with Crippen LogP contribution in [0, 0.1) is 11.3 Å². The van der Waals surface area contributed by atoms with Gasteiger partial charge in [-0.1, -0.05) is 54.6 Å². The molecule has 0 aromatic heterocycles. The highest BCUT2D eigenvalue weighted by Gasteiger charge is 2.17. The number of methoxy groups -OCH3 is 1. The number of carboxylic acids is 1. The largest absolute Gasteiger partial charge is 0.493 e. The molecule has 0 fully saturated rings. The summed E-state index contributed by atoms with van der Waals surface area (Å²) in [5.74, 6) is -1.03. The Morgan fingerprint density at radius 2 is 1.78 bits per heavy atom. The smallest absolute Gasteiger partial charge is 0.337 e. The lowest BCUT2D eigenvalue weighted by molar-refractivity contribution is -0.112. The maximum absolute atomic E-state index is 12.7. The van der Waals surface area contributed by atoms with E-state index in [0.717, 1.165) is 16.3 Å². The van der Waals surface area contributed by atoms with E-state index >= 15 is 0 Å². The summed E-state index contributed by atoms with van der Waals surface area (Å²) in [7, 11) is 1.50. The Labute approximate surface area is 221 Å². The van der Waals surface area contributed by atoms with Gasteiger partial charge < -0.3 is 19.9 Å². The molecule has 0 saturated carbocycles. The lowest BCUT2D eigenvalue weighted by Gasteiger charge is -2.15. The van der Waals surface area contributed by atoms with Crippen molar-refractivity contribution in [3.8, 4) is 17.6 Å². The fourth-order valence-electron chi connectivity index (χ4n) is 3.81. The first-order chi connectivity index (χ1) is 17.9. The first-order valence-electron chi connectivity index (χ1n) is 11.1. The second-order valence-corrected chi connectivity index (χ2v) is 8.79. The summed E-state index contributed by atoms with van der Waals surface area (Å²) in [6.07, 6.45) is 1.39. The van der Waals surface area contributed by atoms with Gasteiger partial charge in [0.2, 0.25) is 0 Å². The first-order valence-corrected chi connectivity index (χ1v) is 11.9. The number of benzene rings is 4. The zero-order valence-corrected chi connectivity index (χ0v) is 21.3. The molecule has 0 unspecified atom stereocenters. The number of nitrogens with one attached hydrogen (secondary N) is 1. The predicted octanol–water partition coefficient (Wildman–Crippen LogP) is 6.43. The Bertz CT molecular complexity index is 1570. The van der Waals surface area contributed by atoms with Crippen molar-refractivity contribution in [3.05, 3.63) is 106 Å². The van der Waals surface area contributed by atoms with Gasteiger partial charge in [-0.25, -0.2) is 4.79 Å². The quantitative estimate of drug-likeness (QED) is 0.191. The first kappa shape index (κ1) is 25.5. The molecule has 4 aromatic rings. The minimum Gasteiger partial charge on any atom is -0.493 e. The fraction of sp³-hybridized carbons (Fsp3) is 0.0690. The van der Waals surface area contributed by atoms with Crippen LogP contribution in [0.25, 0.3) is 16.8 Å². The molecule has 4 aromatic carbocycles. The summed E-state index contributed by atoms with van der Waals surface area (Å²) < 4.78 is 12.2. The number of carbonyl (C=O) groups is 2. The Morgan fingerprint density at radius 3 is 2.54 bits per heavy atom. The highest BCUT2D eigenvalue weighted by molar-refractivity contribution is 9.10. The van der Waals surface area contributed by atoms with Crippen LogP contribution in [0.15, 0.2) is 88.9 Å². The molecular weight excluding hydrogens is 536 g/mol. The SMILES string of the molecule is COc1cc(/C=C(\C#N)C(=O)Nc2ccccc2C(=O)O)cc(Br)c1OCc1cccc2ccccc12. The zero-order valence-electron chi connectivity index (χ0n) is 19.7. The molecule has 8 heteroatoms. The second-order valence-electron chi connectivity index (χ2n) is 7.94. The Morgan fingerprint density at radius 1 is 1.05 bits per heavy atom. The number of nitriles is 1. The molecular formula is C29H21BrN2O5. The van der Waals surface area contributed by atoms with Crippen LogP contribution in [0.4, 0.5) is 5.69 Å². The van der Waals surface area contributed by atoms with E-state index in [9.17, 15) is 20.0 Å². The van der Waals surface area contributed by atoms with Gasteiger partial charge in [-0.3, -0.25) is 4.79 Å². The monoisotopic (exact) mass is 556 g/mol. The van der Waals surface area contributed by atoms with Gasteiger partial charge in [0.15, 0.2) is 11.5 Å². The van der Waals surface area contributed by atoms with E-state index in [1.54, 1.807) is 24.3 Å². The summed E-state index contributed by atoms with van der Waals surface area (Å²) in [5, 5.41) is 23.6. The van der Waals surface area contributed by atoms with Crippen molar-refractivity contribution in [2.45, 2.75) is 6.61 Å². The zero-order chi connectivity index (χ0) is 26.4. The van der Waals surface area contributed by atoms with Crippen LogP contribution in [0.3, 0.4) is 0 Å². The van der Waals surface area contributed by atoms with E-state index in [4.69, 9.17) is 9.47 Å². The van der Waals surface area contributed by atoms with Crippen LogP contribution in [0.5, 0.6) is 11.5 Å². The van der Waals surface area contributed by atoms with Crippen molar-refractivity contribution >= 4 is 50.3 Å². The minimum absolute atomic E-state index is 0.0785. The molecule has 0 atom stereocenters. The number of fused-ring (bicyclic) bond motifs is 1. The van der Waals surface area contributed by atoms with Gasteiger partial charge in [0, 0.05) is 0 Å². The number of rotatable bonds is 8. The summed E-state index contributed by atoms with van der Waals surface area (Å²) in [5.41, 5.74) is 1.33. The van der Waals surface area contributed by atoms with Crippen molar-refractivity contribution in [1.29, 1.82) is 5.26 Å². The van der Waals surface area contributed by atoms with Crippen molar-refractivity contribution in [3.63, 3.8) is 0 Å². The van der Waals surface area contributed by atoms with Crippen molar-refractivity contribution < 1.29 is 24.2 Å². The van der Waals surface area contributed by atoms with E-state index in [2.05, 4.69) is 21.2 Å². The lowest BCUT2D eigenvalue weighted by Crippen LogP contribution is -2.16. The molecule has 4 rings (SSSR count). The number of nitrogens with zero attached hydrogens (tertiary/aromatic N) is 1. The predicted molar refractivity (Wildman–Crippen MR) is 145 cm³/mol. The van der Waals surface area contributed by atoms with Gasteiger partial charge in [0.25, 0.3) is 5.91 Å². The number of carboxylic acid groups (broad SMARTS) is 1. The third kappa shape index (κ3) is 5.80. The minimum atomic E-state index is -1.19. The normalized spacial score (nSPS) is 11.0. The number of para-hydroxylation sites is 1. The summed E-state index contributed by atoms with van der Waals surface area (Å²) in [4.78, 5) is 24.2. The fourth-order valence-corrected chi connectivity index (χ4v) is 4.39. The molecule has 0 heterocycles. The molecule has 0 saturated heterocycles. The highest BCUT2D eigenvalue weighted by atomic mass is 79.9. The molecule has 0 radical (unpaired) electrons.